The number of nitrogens with zero attached hydrogens (tertiary/aromatic N) is 2. The van der Waals surface area contributed by atoms with E-state index < -0.39 is 35.3 Å². The number of anilines is 1. The van der Waals surface area contributed by atoms with E-state index in [1.807, 2.05) is 20.8 Å². The molecular formula is C12H15F3N3O2-. The van der Waals surface area contributed by atoms with Crippen molar-refractivity contribution in [2.24, 2.45) is 5.41 Å². The van der Waals surface area contributed by atoms with E-state index >= 15 is 0 Å². The number of fused-ring (bicyclic) bond motifs is 1. The number of carboxylic acids is 1. The summed E-state index contributed by atoms with van der Waals surface area (Å²) in [5.41, 5.74) is -0.906. The van der Waals surface area contributed by atoms with Gasteiger partial charge in [-0.3, -0.25) is 0 Å². The Kier molecular flexibility index (Phi) is 3.22. The van der Waals surface area contributed by atoms with Gasteiger partial charge in [0.15, 0.2) is 6.04 Å². The Labute approximate surface area is 113 Å². The molecule has 112 valence electrons. The summed E-state index contributed by atoms with van der Waals surface area (Å²) < 4.78 is 40.1. The first-order valence-electron chi connectivity index (χ1n) is 6.14. The summed E-state index contributed by atoms with van der Waals surface area (Å²) in [6, 6.07) is -1.20. The molecule has 0 aromatic carbocycles. The molecule has 0 fully saturated rings. The van der Waals surface area contributed by atoms with Gasteiger partial charge in [0.1, 0.15) is 11.5 Å². The largest absolute Gasteiger partial charge is 0.543 e. The first-order valence-corrected chi connectivity index (χ1v) is 6.14. The van der Waals surface area contributed by atoms with Gasteiger partial charge >= 0.3 is 6.18 Å². The number of carboxylic acid groups (broad SMARTS) is 1. The number of carbonyl (C=O) groups excluding carboxylic acids is 1. The Morgan fingerprint density at radius 2 is 2.05 bits per heavy atom. The van der Waals surface area contributed by atoms with Gasteiger partial charge in [-0.25, -0.2) is 4.68 Å². The minimum atomic E-state index is -4.49. The number of halogens is 3. The Hall–Kier alpha value is -1.73. The number of nitrogens with one attached hydrogen (secondary N) is 1. The van der Waals surface area contributed by atoms with Crippen LogP contribution < -0.4 is 10.4 Å². The fourth-order valence-corrected chi connectivity index (χ4v) is 2.24. The Morgan fingerprint density at radius 1 is 1.45 bits per heavy atom. The smallest absolute Gasteiger partial charge is 0.410 e. The zero-order valence-corrected chi connectivity index (χ0v) is 11.3. The van der Waals surface area contributed by atoms with Gasteiger partial charge in [-0.2, -0.15) is 18.3 Å². The molecule has 0 amide bonds. The lowest BCUT2D eigenvalue weighted by atomic mass is 9.82. The zero-order valence-electron chi connectivity index (χ0n) is 11.3. The third kappa shape index (κ3) is 2.59. The normalized spacial score (nSPS) is 23.1. The van der Waals surface area contributed by atoms with Crippen LogP contribution in [0.25, 0.3) is 0 Å². The number of aromatic nitrogens is 2. The van der Waals surface area contributed by atoms with Gasteiger partial charge in [0, 0.05) is 12.1 Å². The molecule has 2 rings (SSSR count). The van der Waals surface area contributed by atoms with E-state index in [-0.39, 0.29) is 12.2 Å². The highest BCUT2D eigenvalue weighted by Crippen LogP contribution is 2.42. The summed E-state index contributed by atoms with van der Waals surface area (Å²) in [6.07, 6.45) is -4.69. The highest BCUT2D eigenvalue weighted by atomic mass is 19.4. The highest BCUT2D eigenvalue weighted by molar-refractivity contribution is 5.84. The maximum absolute atomic E-state index is 13.1. The molecule has 0 unspecified atom stereocenters. The van der Waals surface area contributed by atoms with Crippen molar-refractivity contribution < 1.29 is 23.1 Å². The van der Waals surface area contributed by atoms with Crippen LogP contribution in [0.15, 0.2) is 6.07 Å². The van der Waals surface area contributed by atoms with Crippen molar-refractivity contribution in [1.82, 2.24) is 9.78 Å². The molecule has 0 spiro atoms. The predicted octanol–water partition coefficient (Wildman–Crippen LogP) is 1.58. The van der Waals surface area contributed by atoms with E-state index in [4.69, 9.17) is 0 Å². The summed E-state index contributed by atoms with van der Waals surface area (Å²) in [5.74, 6) is -1.54. The van der Waals surface area contributed by atoms with Crippen LogP contribution in [0.3, 0.4) is 0 Å². The first-order chi connectivity index (χ1) is 9.00. The van der Waals surface area contributed by atoms with Gasteiger partial charge in [0.2, 0.25) is 0 Å². The Morgan fingerprint density at radius 3 is 2.50 bits per heavy atom. The summed E-state index contributed by atoms with van der Waals surface area (Å²) in [4.78, 5) is 10.8. The van der Waals surface area contributed by atoms with Crippen LogP contribution in [0.5, 0.6) is 0 Å². The van der Waals surface area contributed by atoms with Crippen molar-refractivity contribution in [3.63, 3.8) is 0 Å². The molecule has 1 aromatic rings. The average molecular weight is 290 g/mol. The highest BCUT2D eigenvalue weighted by Gasteiger charge is 2.48. The molecule has 0 bridgehead atoms. The lowest BCUT2D eigenvalue weighted by Gasteiger charge is -2.39. The number of aromatic carboxylic acids is 1. The summed E-state index contributed by atoms with van der Waals surface area (Å²) in [6.45, 7) is 5.47. The lowest BCUT2D eigenvalue weighted by molar-refractivity contribution is -0.255. The van der Waals surface area contributed by atoms with Gasteiger partial charge in [-0.15, -0.1) is 0 Å². The van der Waals surface area contributed by atoms with Crippen LogP contribution in [-0.4, -0.2) is 28.0 Å². The first kappa shape index (κ1) is 14.7. The van der Waals surface area contributed by atoms with Gasteiger partial charge in [-0.05, 0) is 11.8 Å². The van der Waals surface area contributed by atoms with Gasteiger partial charge in [-0.1, -0.05) is 20.8 Å². The molecule has 1 aliphatic heterocycles. The van der Waals surface area contributed by atoms with Gasteiger partial charge in [0.05, 0.1) is 5.97 Å². The second-order valence-electron chi connectivity index (χ2n) is 6.00. The van der Waals surface area contributed by atoms with Crippen molar-refractivity contribution >= 4 is 11.8 Å². The molecule has 1 aromatic heterocycles. The van der Waals surface area contributed by atoms with E-state index in [1.165, 1.54) is 0 Å². The molecule has 20 heavy (non-hydrogen) atoms. The monoisotopic (exact) mass is 290 g/mol. The molecule has 8 heteroatoms. The molecule has 0 aliphatic carbocycles. The van der Waals surface area contributed by atoms with E-state index in [0.29, 0.717) is 4.68 Å². The maximum Gasteiger partial charge on any atom is 0.410 e. The molecule has 2 heterocycles. The quantitative estimate of drug-likeness (QED) is 0.852. The van der Waals surface area contributed by atoms with Crippen LogP contribution in [0.4, 0.5) is 19.0 Å². The second-order valence-corrected chi connectivity index (χ2v) is 6.00. The molecule has 0 saturated carbocycles. The third-order valence-electron chi connectivity index (χ3n) is 3.44. The van der Waals surface area contributed by atoms with E-state index in [0.717, 1.165) is 6.07 Å². The number of hydrogen-bond donors (Lipinski definition) is 1. The molecule has 0 saturated heterocycles. The predicted molar refractivity (Wildman–Crippen MR) is 63.1 cm³/mol. The van der Waals surface area contributed by atoms with Crippen molar-refractivity contribution in [3.8, 4) is 0 Å². The summed E-state index contributed by atoms with van der Waals surface area (Å²) in [5, 5.41) is 17.2. The molecule has 1 N–H and O–H groups in total. The lowest BCUT2D eigenvalue weighted by Crippen LogP contribution is -2.44. The second kappa shape index (κ2) is 4.39. The third-order valence-corrected chi connectivity index (χ3v) is 3.44. The fraction of sp³-hybridized carbons (Fsp3) is 0.667. The van der Waals surface area contributed by atoms with Crippen molar-refractivity contribution in [1.29, 1.82) is 0 Å². The Bertz CT molecular complexity index is 531. The molecule has 1 aliphatic rings. The number of alkyl halides is 3. The average Bonchev–Trinajstić information content (AvgIpc) is 2.68. The zero-order chi connectivity index (χ0) is 15.3. The minimum Gasteiger partial charge on any atom is -0.543 e. The molecule has 2 atom stereocenters. The topological polar surface area (TPSA) is 70.0 Å². The van der Waals surface area contributed by atoms with Crippen LogP contribution in [0.1, 0.15) is 43.7 Å². The fourth-order valence-electron chi connectivity index (χ4n) is 2.24. The molecule has 0 radical (unpaired) electrons. The standard InChI is InChI=1S/C12H16F3N3O2/c1-11(2,3)7-5-8(12(13,14)15)18-9(16-7)4-6(17-18)10(19)20/h4,7-8,16H,5H2,1-3H3,(H,19,20)/p-1/t7-,8-/m0/s1. The van der Waals surface area contributed by atoms with Crippen molar-refractivity contribution in [2.75, 3.05) is 5.32 Å². The number of rotatable bonds is 1. The van der Waals surface area contributed by atoms with E-state index in [1.54, 1.807) is 0 Å². The molecule has 5 nitrogen and oxygen atoms in total. The Balaban J connectivity index is 2.47. The minimum absolute atomic E-state index is 0.0534. The van der Waals surface area contributed by atoms with Crippen LogP contribution in [-0.2, 0) is 0 Å². The summed E-state index contributed by atoms with van der Waals surface area (Å²) >= 11 is 0. The van der Waals surface area contributed by atoms with Gasteiger partial charge in [0.25, 0.3) is 0 Å². The maximum atomic E-state index is 13.1. The van der Waals surface area contributed by atoms with Crippen LogP contribution >= 0.6 is 0 Å². The summed E-state index contributed by atoms with van der Waals surface area (Å²) in [7, 11) is 0. The van der Waals surface area contributed by atoms with E-state index in [2.05, 4.69) is 10.4 Å². The molecular weight excluding hydrogens is 275 g/mol. The number of hydrogen-bond acceptors (Lipinski definition) is 4. The van der Waals surface area contributed by atoms with Crippen molar-refractivity contribution in [3.05, 3.63) is 11.8 Å². The van der Waals surface area contributed by atoms with Gasteiger partial charge < -0.3 is 15.2 Å². The SMILES string of the molecule is CC(C)(C)[C@@H]1C[C@@H](C(F)(F)F)n2nc(C(=O)[O-])cc2N1. The van der Waals surface area contributed by atoms with Crippen molar-refractivity contribution in [2.45, 2.75) is 45.5 Å². The van der Waals surface area contributed by atoms with Crippen LogP contribution in [0, 0.1) is 5.41 Å². The van der Waals surface area contributed by atoms with E-state index in [9.17, 15) is 23.1 Å². The van der Waals surface area contributed by atoms with Crippen LogP contribution in [0.2, 0.25) is 0 Å². The number of carbonyl (C=O) groups is 1.